The molecule has 1 aliphatic heterocycles. The van der Waals surface area contributed by atoms with Gasteiger partial charge in [-0.2, -0.15) is 0 Å². The molecule has 0 spiro atoms. The highest BCUT2D eigenvalue weighted by Gasteiger charge is 2.67. The van der Waals surface area contributed by atoms with E-state index in [2.05, 4.69) is 18.6 Å². The average Bonchev–Trinajstić information content (AvgIpc) is 2.50. The SMILES string of the molecule is CC(C)Cc1ccc(C2OC(=O)C(O)(O)C2(O)O)cc1. The van der Waals surface area contributed by atoms with Crippen molar-refractivity contribution in [2.75, 3.05) is 0 Å². The van der Waals surface area contributed by atoms with Crippen LogP contribution < -0.4 is 0 Å². The van der Waals surface area contributed by atoms with E-state index in [0.29, 0.717) is 5.92 Å². The van der Waals surface area contributed by atoms with Crippen molar-refractivity contribution >= 4 is 5.97 Å². The monoisotopic (exact) mass is 282 g/mol. The van der Waals surface area contributed by atoms with Crippen molar-refractivity contribution in [1.82, 2.24) is 0 Å². The molecule has 6 nitrogen and oxygen atoms in total. The fraction of sp³-hybridized carbons (Fsp3) is 0.500. The molecule has 0 aliphatic carbocycles. The minimum Gasteiger partial charge on any atom is -0.447 e. The summed E-state index contributed by atoms with van der Waals surface area (Å²) >= 11 is 0. The quantitative estimate of drug-likeness (QED) is 0.453. The third kappa shape index (κ3) is 2.31. The summed E-state index contributed by atoms with van der Waals surface area (Å²) in [5.74, 6) is -7.45. The Labute approximate surface area is 116 Å². The maximum atomic E-state index is 11.3. The average molecular weight is 282 g/mol. The molecule has 0 aromatic heterocycles. The lowest BCUT2D eigenvalue weighted by Gasteiger charge is -2.27. The highest BCUT2D eigenvalue weighted by Crippen LogP contribution is 2.42. The van der Waals surface area contributed by atoms with Gasteiger partial charge in [0.1, 0.15) is 0 Å². The van der Waals surface area contributed by atoms with Crippen molar-refractivity contribution < 1.29 is 30.0 Å². The summed E-state index contributed by atoms with van der Waals surface area (Å²) in [6.45, 7) is 4.15. The predicted molar refractivity (Wildman–Crippen MR) is 68.2 cm³/mol. The van der Waals surface area contributed by atoms with Crippen LogP contribution in [0.15, 0.2) is 24.3 Å². The lowest BCUT2D eigenvalue weighted by atomic mass is 9.95. The number of benzene rings is 1. The minimum absolute atomic E-state index is 0.279. The first-order chi connectivity index (χ1) is 9.16. The molecule has 1 saturated heterocycles. The van der Waals surface area contributed by atoms with Gasteiger partial charge in [0.05, 0.1) is 0 Å². The lowest BCUT2D eigenvalue weighted by molar-refractivity contribution is -0.333. The molecular formula is C14H18O6. The predicted octanol–water partition coefficient (Wildman–Crippen LogP) is -0.155. The molecule has 1 fully saturated rings. The maximum absolute atomic E-state index is 11.3. The fourth-order valence-corrected chi connectivity index (χ4v) is 2.20. The lowest BCUT2D eigenvalue weighted by Crippen LogP contribution is -2.55. The number of esters is 1. The smallest absolute Gasteiger partial charge is 0.373 e. The van der Waals surface area contributed by atoms with Crippen LogP contribution in [0.1, 0.15) is 31.1 Å². The molecule has 1 atom stereocenters. The van der Waals surface area contributed by atoms with E-state index in [1.807, 2.05) is 0 Å². The molecule has 4 N–H and O–H groups in total. The number of hydrogen-bond acceptors (Lipinski definition) is 6. The third-order valence-electron chi connectivity index (χ3n) is 3.31. The van der Waals surface area contributed by atoms with Crippen molar-refractivity contribution in [3.63, 3.8) is 0 Å². The molecule has 1 unspecified atom stereocenters. The van der Waals surface area contributed by atoms with E-state index in [4.69, 9.17) is 0 Å². The van der Waals surface area contributed by atoms with E-state index in [-0.39, 0.29) is 5.56 Å². The largest absolute Gasteiger partial charge is 0.447 e. The van der Waals surface area contributed by atoms with Gasteiger partial charge in [-0.15, -0.1) is 0 Å². The van der Waals surface area contributed by atoms with Gasteiger partial charge in [-0.1, -0.05) is 38.1 Å². The zero-order valence-electron chi connectivity index (χ0n) is 11.3. The van der Waals surface area contributed by atoms with E-state index < -0.39 is 23.6 Å². The number of hydrogen-bond donors (Lipinski definition) is 4. The number of carbonyl (C=O) groups excluding carboxylic acids is 1. The van der Waals surface area contributed by atoms with Crippen LogP contribution in [-0.4, -0.2) is 38.0 Å². The molecule has 0 bridgehead atoms. The third-order valence-corrected chi connectivity index (χ3v) is 3.31. The van der Waals surface area contributed by atoms with E-state index in [0.717, 1.165) is 12.0 Å². The molecule has 110 valence electrons. The van der Waals surface area contributed by atoms with Crippen molar-refractivity contribution in [2.24, 2.45) is 5.92 Å². The minimum atomic E-state index is -3.34. The van der Waals surface area contributed by atoms with Crippen LogP contribution >= 0.6 is 0 Å². The Hall–Kier alpha value is -1.47. The van der Waals surface area contributed by atoms with Crippen molar-refractivity contribution in [3.05, 3.63) is 35.4 Å². The highest BCUT2D eigenvalue weighted by atomic mass is 16.7. The molecule has 0 saturated carbocycles. The van der Waals surface area contributed by atoms with Crippen molar-refractivity contribution in [3.8, 4) is 0 Å². The van der Waals surface area contributed by atoms with E-state index in [9.17, 15) is 25.2 Å². The molecule has 1 aliphatic rings. The van der Waals surface area contributed by atoms with Gasteiger partial charge in [-0.05, 0) is 23.5 Å². The molecular weight excluding hydrogens is 264 g/mol. The van der Waals surface area contributed by atoms with Crippen LogP contribution in [0.25, 0.3) is 0 Å². The summed E-state index contributed by atoms with van der Waals surface area (Å²) in [6.07, 6.45) is -0.684. The number of cyclic esters (lactones) is 1. The molecule has 6 heteroatoms. The molecule has 0 amide bonds. The number of aliphatic hydroxyl groups is 4. The van der Waals surface area contributed by atoms with Gasteiger partial charge in [-0.3, -0.25) is 0 Å². The Morgan fingerprint density at radius 1 is 1.15 bits per heavy atom. The standard InChI is InChI=1S/C14H18O6/c1-8(2)7-9-3-5-10(6-4-9)11-13(16,17)14(18,19)12(15)20-11/h3-6,8,11,16-19H,7H2,1-2H3. The van der Waals surface area contributed by atoms with Crippen LogP contribution in [0.2, 0.25) is 0 Å². The summed E-state index contributed by atoms with van der Waals surface area (Å²) in [7, 11) is 0. The summed E-state index contributed by atoms with van der Waals surface area (Å²) in [4.78, 5) is 11.3. The second kappa shape index (κ2) is 4.82. The molecule has 1 heterocycles. The number of ether oxygens (including phenoxy) is 1. The topological polar surface area (TPSA) is 107 Å². The number of rotatable bonds is 3. The van der Waals surface area contributed by atoms with Crippen LogP contribution in [0.5, 0.6) is 0 Å². The fourth-order valence-electron chi connectivity index (χ4n) is 2.20. The summed E-state index contributed by atoms with van der Waals surface area (Å²) in [6, 6.07) is 6.68. The highest BCUT2D eigenvalue weighted by molar-refractivity contribution is 5.81. The first-order valence-electron chi connectivity index (χ1n) is 6.35. The Morgan fingerprint density at radius 3 is 2.10 bits per heavy atom. The number of carbonyl (C=O) groups is 1. The van der Waals surface area contributed by atoms with Gasteiger partial charge in [0.2, 0.25) is 0 Å². The van der Waals surface area contributed by atoms with Crippen LogP contribution in [0, 0.1) is 5.92 Å². The van der Waals surface area contributed by atoms with E-state index >= 15 is 0 Å². The van der Waals surface area contributed by atoms with Crippen LogP contribution in [0.4, 0.5) is 0 Å². The first-order valence-corrected chi connectivity index (χ1v) is 6.35. The summed E-state index contributed by atoms with van der Waals surface area (Å²) in [5, 5.41) is 38.2. The zero-order valence-corrected chi connectivity index (χ0v) is 11.3. The Kier molecular flexibility index (Phi) is 3.60. The van der Waals surface area contributed by atoms with Crippen LogP contribution in [-0.2, 0) is 16.0 Å². The van der Waals surface area contributed by atoms with Crippen molar-refractivity contribution in [2.45, 2.75) is 37.9 Å². The van der Waals surface area contributed by atoms with Gasteiger partial charge >= 0.3 is 11.8 Å². The van der Waals surface area contributed by atoms with Crippen molar-refractivity contribution in [1.29, 1.82) is 0 Å². The zero-order chi connectivity index (χ0) is 15.1. The second-order valence-electron chi connectivity index (χ2n) is 5.52. The van der Waals surface area contributed by atoms with Gasteiger partial charge in [0.15, 0.2) is 6.10 Å². The summed E-state index contributed by atoms with van der Waals surface area (Å²) in [5.41, 5.74) is 1.33. The molecule has 2 rings (SSSR count). The first kappa shape index (κ1) is 14.9. The second-order valence-corrected chi connectivity index (χ2v) is 5.52. The molecule has 1 aromatic rings. The van der Waals surface area contributed by atoms with Gasteiger partial charge in [-0.25, -0.2) is 4.79 Å². The van der Waals surface area contributed by atoms with Crippen LogP contribution in [0.3, 0.4) is 0 Å². The molecule has 0 radical (unpaired) electrons. The summed E-state index contributed by atoms with van der Waals surface area (Å²) < 4.78 is 4.66. The molecule has 20 heavy (non-hydrogen) atoms. The van der Waals surface area contributed by atoms with E-state index in [1.165, 1.54) is 0 Å². The maximum Gasteiger partial charge on any atom is 0.373 e. The van der Waals surface area contributed by atoms with E-state index in [1.54, 1.807) is 24.3 Å². The van der Waals surface area contributed by atoms with Gasteiger partial charge in [0.25, 0.3) is 5.79 Å². The molecule has 1 aromatic carbocycles. The Bertz CT molecular complexity index is 503. The van der Waals surface area contributed by atoms with Gasteiger partial charge < -0.3 is 25.2 Å². The normalized spacial score (nSPS) is 23.9. The Morgan fingerprint density at radius 2 is 1.70 bits per heavy atom. The Balaban J connectivity index is 2.27. The van der Waals surface area contributed by atoms with Gasteiger partial charge in [0, 0.05) is 0 Å².